The van der Waals surface area contributed by atoms with Crippen molar-refractivity contribution in [2.75, 3.05) is 25.7 Å². The molecule has 0 unspecified atom stereocenters. The molecule has 4 aromatic rings. The number of pyridine rings is 1. The zero-order chi connectivity index (χ0) is 26.9. The van der Waals surface area contributed by atoms with Gasteiger partial charge in [0.1, 0.15) is 9.84 Å². The number of hydrogen-bond acceptors (Lipinski definition) is 6. The van der Waals surface area contributed by atoms with Crippen LogP contribution in [0.4, 0.5) is 0 Å². The normalized spacial score (nSPS) is 12.7. The maximum atomic E-state index is 13.4. The molecule has 2 heterocycles. The van der Waals surface area contributed by atoms with Crippen molar-refractivity contribution in [3.8, 4) is 22.8 Å². The highest BCUT2D eigenvalue weighted by molar-refractivity contribution is 7.90. The van der Waals surface area contributed by atoms with Crippen molar-refractivity contribution >= 4 is 20.9 Å². The van der Waals surface area contributed by atoms with Gasteiger partial charge < -0.3 is 14.5 Å². The molecule has 9 heteroatoms. The Morgan fingerprint density at radius 3 is 2.43 bits per heavy atom. The Balaban J connectivity index is 1.94. The zero-order valence-corrected chi connectivity index (χ0v) is 22.8. The van der Waals surface area contributed by atoms with E-state index in [4.69, 9.17) is 9.47 Å². The molecule has 0 bridgehead atoms. The standard InChI is InChI=1S/C28H33N3O5S/c1-7-36-27-25(35-5)15-13-22(29-27)24(16-37(6,33)34)31-23-14-12-20(18(4)26(23)30-28(31)32)21-11-9-8-10-19(21)17(2)3/h8-15,17,24H,7,16H2,1-6H3,(H,30,32)/t24-/m1/s1. The van der Waals surface area contributed by atoms with Crippen LogP contribution >= 0.6 is 0 Å². The minimum Gasteiger partial charge on any atom is -0.491 e. The van der Waals surface area contributed by atoms with E-state index < -0.39 is 21.6 Å². The smallest absolute Gasteiger partial charge is 0.327 e. The highest BCUT2D eigenvalue weighted by Crippen LogP contribution is 2.35. The topological polar surface area (TPSA) is 103 Å². The minimum atomic E-state index is -3.49. The molecule has 2 aromatic carbocycles. The van der Waals surface area contributed by atoms with Gasteiger partial charge in [-0.05, 0) is 60.2 Å². The summed E-state index contributed by atoms with van der Waals surface area (Å²) in [5, 5.41) is 0. The van der Waals surface area contributed by atoms with Crippen LogP contribution in [0.1, 0.15) is 49.6 Å². The van der Waals surface area contributed by atoms with Crippen LogP contribution < -0.4 is 15.2 Å². The van der Waals surface area contributed by atoms with Crippen molar-refractivity contribution < 1.29 is 17.9 Å². The summed E-state index contributed by atoms with van der Waals surface area (Å²) in [7, 11) is -1.98. The van der Waals surface area contributed by atoms with E-state index in [0.717, 1.165) is 22.9 Å². The second-order valence-electron chi connectivity index (χ2n) is 9.46. The lowest BCUT2D eigenvalue weighted by Crippen LogP contribution is -2.29. The average Bonchev–Trinajstić information content (AvgIpc) is 3.19. The first kappa shape index (κ1) is 26.5. The molecule has 0 aliphatic rings. The van der Waals surface area contributed by atoms with Crippen molar-refractivity contribution in [1.29, 1.82) is 0 Å². The van der Waals surface area contributed by atoms with Gasteiger partial charge in [0.25, 0.3) is 5.88 Å². The van der Waals surface area contributed by atoms with Crippen LogP contribution in [0.2, 0.25) is 0 Å². The van der Waals surface area contributed by atoms with Gasteiger partial charge in [-0.15, -0.1) is 0 Å². The lowest BCUT2D eigenvalue weighted by Gasteiger charge is -2.20. The first-order valence-corrected chi connectivity index (χ1v) is 14.3. The first-order valence-electron chi connectivity index (χ1n) is 12.2. The molecule has 4 rings (SSSR count). The molecule has 0 amide bonds. The summed E-state index contributed by atoms with van der Waals surface area (Å²) in [4.78, 5) is 20.9. The summed E-state index contributed by atoms with van der Waals surface area (Å²) in [6, 6.07) is 14.6. The number of benzene rings is 2. The molecule has 1 N–H and O–H groups in total. The predicted octanol–water partition coefficient (Wildman–Crippen LogP) is 4.86. The predicted molar refractivity (Wildman–Crippen MR) is 147 cm³/mol. The van der Waals surface area contributed by atoms with Gasteiger partial charge in [0, 0.05) is 6.26 Å². The fourth-order valence-electron chi connectivity index (χ4n) is 4.78. The number of fused-ring (bicyclic) bond motifs is 1. The average molecular weight is 524 g/mol. The number of nitrogens with zero attached hydrogens (tertiary/aromatic N) is 2. The number of aromatic amines is 1. The summed E-state index contributed by atoms with van der Waals surface area (Å²) in [6.45, 7) is 8.46. The second kappa shape index (κ2) is 10.4. The molecule has 0 aliphatic carbocycles. The molecule has 2 aromatic heterocycles. The van der Waals surface area contributed by atoms with E-state index in [1.807, 2.05) is 38.1 Å². The molecular formula is C28H33N3O5S. The highest BCUT2D eigenvalue weighted by atomic mass is 32.2. The summed E-state index contributed by atoms with van der Waals surface area (Å²) in [5.74, 6) is 0.702. The Bertz CT molecular complexity index is 1600. The van der Waals surface area contributed by atoms with E-state index in [0.29, 0.717) is 35.0 Å². The summed E-state index contributed by atoms with van der Waals surface area (Å²) in [5.41, 5.74) is 5.52. The van der Waals surface area contributed by atoms with E-state index in [1.165, 1.54) is 17.2 Å². The Labute approximate surface area is 217 Å². The number of rotatable bonds is 9. The van der Waals surface area contributed by atoms with Crippen LogP contribution in [0.15, 0.2) is 53.3 Å². The van der Waals surface area contributed by atoms with Gasteiger partial charge in [0.15, 0.2) is 5.75 Å². The summed E-state index contributed by atoms with van der Waals surface area (Å²) >= 11 is 0. The fraction of sp³-hybridized carbons (Fsp3) is 0.357. The van der Waals surface area contributed by atoms with Crippen LogP contribution in [0.3, 0.4) is 0 Å². The number of aryl methyl sites for hydroxylation is 1. The molecule has 1 atom stereocenters. The van der Waals surface area contributed by atoms with Gasteiger partial charge in [-0.25, -0.2) is 18.2 Å². The largest absolute Gasteiger partial charge is 0.491 e. The third-order valence-electron chi connectivity index (χ3n) is 6.49. The Morgan fingerprint density at radius 2 is 1.78 bits per heavy atom. The fourth-order valence-corrected chi connectivity index (χ4v) is 5.67. The number of imidazole rings is 1. The molecule has 0 radical (unpaired) electrons. The maximum Gasteiger partial charge on any atom is 0.327 e. The van der Waals surface area contributed by atoms with Crippen molar-refractivity contribution in [2.24, 2.45) is 0 Å². The lowest BCUT2D eigenvalue weighted by atomic mass is 9.90. The highest BCUT2D eigenvalue weighted by Gasteiger charge is 2.27. The van der Waals surface area contributed by atoms with Crippen molar-refractivity contribution in [1.82, 2.24) is 14.5 Å². The number of hydrogen-bond donors (Lipinski definition) is 1. The third-order valence-corrected chi connectivity index (χ3v) is 7.41. The van der Waals surface area contributed by atoms with Gasteiger partial charge >= 0.3 is 5.69 Å². The van der Waals surface area contributed by atoms with Crippen LogP contribution in [-0.4, -0.2) is 48.7 Å². The monoisotopic (exact) mass is 523 g/mol. The van der Waals surface area contributed by atoms with Crippen LogP contribution in [0.25, 0.3) is 22.2 Å². The molecule has 0 saturated heterocycles. The Hall–Kier alpha value is -3.59. The Morgan fingerprint density at radius 1 is 1.05 bits per heavy atom. The molecular weight excluding hydrogens is 490 g/mol. The molecule has 0 aliphatic heterocycles. The molecule has 8 nitrogen and oxygen atoms in total. The van der Waals surface area contributed by atoms with Gasteiger partial charge in [0.2, 0.25) is 0 Å². The van der Waals surface area contributed by atoms with E-state index in [9.17, 15) is 13.2 Å². The van der Waals surface area contributed by atoms with Gasteiger partial charge in [-0.2, -0.15) is 0 Å². The van der Waals surface area contributed by atoms with Gasteiger partial charge in [-0.3, -0.25) is 4.57 Å². The molecule has 37 heavy (non-hydrogen) atoms. The second-order valence-corrected chi connectivity index (χ2v) is 11.6. The lowest BCUT2D eigenvalue weighted by molar-refractivity contribution is 0.296. The van der Waals surface area contributed by atoms with Crippen LogP contribution in [0, 0.1) is 6.92 Å². The number of methoxy groups -OCH3 is 1. The number of ether oxygens (including phenoxy) is 2. The van der Waals surface area contributed by atoms with Gasteiger partial charge in [-0.1, -0.05) is 44.2 Å². The third kappa shape index (κ3) is 5.27. The molecule has 0 spiro atoms. The molecule has 0 saturated carbocycles. The number of nitrogens with one attached hydrogen (secondary N) is 1. The molecule has 0 fully saturated rings. The zero-order valence-electron chi connectivity index (χ0n) is 22.0. The summed E-state index contributed by atoms with van der Waals surface area (Å²) in [6.07, 6.45) is 1.15. The SMILES string of the molecule is CCOc1nc([C@@H](CS(C)(=O)=O)n2c(=O)[nH]c3c(C)c(-c4ccccc4C(C)C)ccc32)ccc1OC. The van der Waals surface area contributed by atoms with E-state index in [-0.39, 0.29) is 11.6 Å². The minimum absolute atomic E-state index is 0.248. The van der Waals surface area contributed by atoms with Gasteiger partial charge in [0.05, 0.1) is 42.2 Å². The summed E-state index contributed by atoms with van der Waals surface area (Å²) < 4.78 is 37.4. The Kier molecular flexibility index (Phi) is 7.45. The van der Waals surface area contributed by atoms with Crippen LogP contribution in [-0.2, 0) is 9.84 Å². The number of H-pyrrole nitrogens is 1. The number of aromatic nitrogens is 3. The maximum absolute atomic E-state index is 13.4. The van der Waals surface area contributed by atoms with E-state index in [1.54, 1.807) is 12.1 Å². The quantitative estimate of drug-likeness (QED) is 0.336. The van der Waals surface area contributed by atoms with Crippen molar-refractivity contribution in [3.05, 3.63) is 75.8 Å². The molecule has 196 valence electrons. The van der Waals surface area contributed by atoms with E-state index in [2.05, 4.69) is 35.9 Å². The van der Waals surface area contributed by atoms with Crippen molar-refractivity contribution in [3.63, 3.8) is 0 Å². The van der Waals surface area contributed by atoms with E-state index >= 15 is 0 Å². The number of sulfone groups is 1. The van der Waals surface area contributed by atoms with Crippen molar-refractivity contribution in [2.45, 2.75) is 39.7 Å². The van der Waals surface area contributed by atoms with Crippen LogP contribution in [0.5, 0.6) is 11.6 Å². The first-order chi connectivity index (χ1) is 17.6.